The van der Waals surface area contributed by atoms with Crippen LogP contribution in [0.2, 0.25) is 0 Å². The number of alkyl halides is 3. The lowest BCUT2D eigenvalue weighted by molar-refractivity contribution is -0.156. The van der Waals surface area contributed by atoms with Crippen LogP contribution in [0.15, 0.2) is 0 Å². The summed E-state index contributed by atoms with van der Waals surface area (Å²) in [6.07, 6.45) is -4.35. The Bertz CT molecular complexity index is 155. The van der Waals surface area contributed by atoms with E-state index in [1.54, 1.807) is 0 Å². The molecule has 0 aliphatic carbocycles. The van der Waals surface area contributed by atoms with Crippen molar-refractivity contribution in [3.63, 3.8) is 0 Å². The second-order valence-electron chi connectivity index (χ2n) is 3.08. The molecular formula is C8H15F3N2O. The van der Waals surface area contributed by atoms with Crippen LogP contribution in [0.1, 0.15) is 6.42 Å². The van der Waals surface area contributed by atoms with Crippen LogP contribution in [-0.4, -0.2) is 39.1 Å². The lowest BCUT2D eigenvalue weighted by atomic mass is 10.1. The molecule has 6 heteroatoms. The van der Waals surface area contributed by atoms with E-state index in [1.165, 1.54) is 26.1 Å². The van der Waals surface area contributed by atoms with Gasteiger partial charge in [-0.3, -0.25) is 4.79 Å². The third-order valence-corrected chi connectivity index (χ3v) is 1.79. The molecule has 3 nitrogen and oxygen atoms in total. The fourth-order valence-corrected chi connectivity index (χ4v) is 1.18. The number of hydrogen-bond donors (Lipinski definition) is 2. The highest BCUT2D eigenvalue weighted by Gasteiger charge is 2.24. The highest BCUT2D eigenvalue weighted by Crippen LogP contribution is 2.08. The van der Waals surface area contributed by atoms with E-state index in [4.69, 9.17) is 4.79 Å². The minimum absolute atomic E-state index is 0.889. The Balaban J connectivity index is 0.000000255. The van der Waals surface area contributed by atoms with Gasteiger partial charge in [-0.05, 0) is 39.0 Å². The molecule has 84 valence electrons. The predicted octanol–water partition coefficient (Wildman–Crippen LogP) is 0.563. The standard InChI is InChI=1S/C6H14N2.C2HF3O/c1-7-4-6-2-3-8-5-6;3-2(4,5)1-6/h6-8H,2-5H2,1H3;1H. The first-order valence-electron chi connectivity index (χ1n) is 4.38. The quantitative estimate of drug-likeness (QED) is 0.657. The zero-order valence-electron chi connectivity index (χ0n) is 8.03. The fraction of sp³-hybridized carbons (Fsp3) is 0.875. The number of halogens is 3. The van der Waals surface area contributed by atoms with Crippen molar-refractivity contribution in [3.8, 4) is 0 Å². The van der Waals surface area contributed by atoms with Gasteiger partial charge < -0.3 is 10.6 Å². The van der Waals surface area contributed by atoms with Crippen LogP contribution >= 0.6 is 0 Å². The van der Waals surface area contributed by atoms with Crippen LogP contribution in [0.3, 0.4) is 0 Å². The van der Waals surface area contributed by atoms with Crippen LogP contribution in [0.25, 0.3) is 0 Å². The molecule has 1 aliphatic heterocycles. The number of carbonyl (C=O) groups is 1. The van der Waals surface area contributed by atoms with Crippen molar-refractivity contribution in [2.75, 3.05) is 26.7 Å². The van der Waals surface area contributed by atoms with Crippen molar-refractivity contribution in [1.82, 2.24) is 10.6 Å². The molecule has 0 aromatic heterocycles. The van der Waals surface area contributed by atoms with Crippen LogP contribution < -0.4 is 10.6 Å². The summed E-state index contributed by atoms with van der Waals surface area (Å²) in [4.78, 5) is 8.70. The van der Waals surface area contributed by atoms with Gasteiger partial charge >= 0.3 is 6.18 Å². The van der Waals surface area contributed by atoms with E-state index in [2.05, 4.69) is 10.6 Å². The summed E-state index contributed by atoms with van der Waals surface area (Å²) >= 11 is 0. The smallest absolute Gasteiger partial charge is 0.319 e. The maximum atomic E-state index is 10.4. The summed E-state index contributed by atoms with van der Waals surface area (Å²) in [6.45, 7) is 3.60. The molecule has 14 heavy (non-hydrogen) atoms. The molecule has 1 fully saturated rings. The summed E-state index contributed by atoms with van der Waals surface area (Å²) in [7, 11) is 2.01. The van der Waals surface area contributed by atoms with Gasteiger partial charge in [0.25, 0.3) is 0 Å². The van der Waals surface area contributed by atoms with E-state index in [0.29, 0.717) is 0 Å². The topological polar surface area (TPSA) is 41.1 Å². The summed E-state index contributed by atoms with van der Waals surface area (Å²) in [5, 5.41) is 6.49. The van der Waals surface area contributed by atoms with Crippen molar-refractivity contribution in [3.05, 3.63) is 0 Å². The molecule has 1 rings (SSSR count). The molecule has 1 aliphatic rings. The van der Waals surface area contributed by atoms with Gasteiger partial charge in [0.2, 0.25) is 6.29 Å². The van der Waals surface area contributed by atoms with Gasteiger partial charge in [0.1, 0.15) is 0 Å². The monoisotopic (exact) mass is 212 g/mol. The number of nitrogens with one attached hydrogen (secondary N) is 2. The molecule has 0 aromatic rings. The first-order chi connectivity index (χ1) is 6.49. The van der Waals surface area contributed by atoms with Crippen LogP contribution in [0.5, 0.6) is 0 Å². The van der Waals surface area contributed by atoms with E-state index in [1.807, 2.05) is 7.05 Å². The van der Waals surface area contributed by atoms with Crippen molar-refractivity contribution in [2.24, 2.45) is 5.92 Å². The average Bonchev–Trinajstić information content (AvgIpc) is 2.58. The molecule has 1 saturated heterocycles. The molecule has 1 heterocycles. The van der Waals surface area contributed by atoms with E-state index in [9.17, 15) is 13.2 Å². The Morgan fingerprint density at radius 1 is 1.57 bits per heavy atom. The normalized spacial score (nSPS) is 21.3. The van der Waals surface area contributed by atoms with Gasteiger partial charge in [-0.1, -0.05) is 0 Å². The van der Waals surface area contributed by atoms with E-state index in [0.717, 1.165) is 5.92 Å². The Morgan fingerprint density at radius 3 is 2.43 bits per heavy atom. The Labute approximate surface area is 81.1 Å². The molecule has 1 unspecified atom stereocenters. The highest BCUT2D eigenvalue weighted by atomic mass is 19.4. The van der Waals surface area contributed by atoms with Gasteiger partial charge in [-0.15, -0.1) is 0 Å². The molecule has 2 N–H and O–H groups in total. The lowest BCUT2D eigenvalue weighted by Crippen LogP contribution is -2.20. The van der Waals surface area contributed by atoms with Crippen LogP contribution in [0, 0.1) is 5.92 Å². The SMILES string of the molecule is CNCC1CCNC1.O=CC(F)(F)F. The number of carbonyl (C=O) groups excluding carboxylic acids is 1. The van der Waals surface area contributed by atoms with E-state index < -0.39 is 12.5 Å². The summed E-state index contributed by atoms with van der Waals surface area (Å²) in [5.74, 6) is 0.889. The molecule has 0 aromatic carbocycles. The molecule has 1 atom stereocenters. The molecule has 0 bridgehead atoms. The maximum Gasteiger partial charge on any atom is 0.446 e. The van der Waals surface area contributed by atoms with E-state index >= 15 is 0 Å². The van der Waals surface area contributed by atoms with Crippen molar-refractivity contribution < 1.29 is 18.0 Å². The number of aldehydes is 1. The second kappa shape index (κ2) is 6.78. The zero-order valence-corrected chi connectivity index (χ0v) is 8.03. The summed E-state index contributed by atoms with van der Waals surface area (Å²) in [6, 6.07) is 0. The average molecular weight is 212 g/mol. The Kier molecular flexibility index (Phi) is 6.48. The van der Waals surface area contributed by atoms with Crippen molar-refractivity contribution in [2.45, 2.75) is 12.6 Å². The highest BCUT2D eigenvalue weighted by molar-refractivity contribution is 5.56. The van der Waals surface area contributed by atoms with Crippen molar-refractivity contribution in [1.29, 1.82) is 0 Å². The van der Waals surface area contributed by atoms with Gasteiger partial charge in [0.05, 0.1) is 0 Å². The number of hydrogen-bond acceptors (Lipinski definition) is 3. The Hall–Kier alpha value is -0.620. The van der Waals surface area contributed by atoms with Crippen molar-refractivity contribution >= 4 is 6.29 Å². The largest absolute Gasteiger partial charge is 0.446 e. The van der Waals surface area contributed by atoms with Crippen LogP contribution in [0.4, 0.5) is 13.2 Å². The van der Waals surface area contributed by atoms with Gasteiger partial charge in [-0.25, -0.2) is 0 Å². The molecule has 0 radical (unpaired) electrons. The Morgan fingerprint density at radius 2 is 2.14 bits per heavy atom. The lowest BCUT2D eigenvalue weighted by Gasteiger charge is -2.04. The first kappa shape index (κ1) is 13.4. The minimum atomic E-state index is -4.64. The summed E-state index contributed by atoms with van der Waals surface area (Å²) < 4.78 is 31.2. The molecule has 0 amide bonds. The predicted molar refractivity (Wildman–Crippen MR) is 47.0 cm³/mol. The van der Waals surface area contributed by atoms with E-state index in [-0.39, 0.29) is 0 Å². The molecule has 0 saturated carbocycles. The zero-order chi connectivity index (χ0) is 11.0. The molecular weight excluding hydrogens is 197 g/mol. The van der Waals surface area contributed by atoms with Gasteiger partial charge in [0, 0.05) is 0 Å². The second-order valence-corrected chi connectivity index (χ2v) is 3.08. The summed E-state index contributed by atoms with van der Waals surface area (Å²) in [5.41, 5.74) is 0. The minimum Gasteiger partial charge on any atom is -0.319 e. The van der Waals surface area contributed by atoms with Crippen LogP contribution in [-0.2, 0) is 4.79 Å². The fourth-order valence-electron chi connectivity index (χ4n) is 1.18. The first-order valence-corrected chi connectivity index (χ1v) is 4.38. The third-order valence-electron chi connectivity index (χ3n) is 1.79. The molecule has 0 spiro atoms. The maximum absolute atomic E-state index is 10.4. The number of rotatable bonds is 2. The third kappa shape index (κ3) is 8.00. The van der Waals surface area contributed by atoms with Gasteiger partial charge in [-0.2, -0.15) is 13.2 Å². The van der Waals surface area contributed by atoms with Gasteiger partial charge in [0.15, 0.2) is 0 Å².